The minimum absolute atomic E-state index is 0.0315. The molecule has 0 radical (unpaired) electrons. The van der Waals surface area contributed by atoms with Crippen molar-refractivity contribution in [1.29, 1.82) is 0 Å². The van der Waals surface area contributed by atoms with E-state index in [2.05, 4.69) is 0 Å². The van der Waals surface area contributed by atoms with Crippen molar-refractivity contribution in [3.05, 3.63) is 34.6 Å². The maximum Gasteiger partial charge on any atom is 0.303 e. The van der Waals surface area contributed by atoms with Crippen molar-refractivity contribution >= 4 is 5.97 Å². The highest BCUT2D eigenvalue weighted by atomic mass is 19.1. The molecule has 1 rings (SSSR count). The van der Waals surface area contributed by atoms with Gasteiger partial charge in [0.05, 0.1) is 6.42 Å². The maximum absolute atomic E-state index is 13.4. The zero-order chi connectivity index (χ0) is 11.6. The molecule has 0 aliphatic rings. The second-order valence-corrected chi connectivity index (χ2v) is 3.96. The second-order valence-electron chi connectivity index (χ2n) is 3.96. The summed E-state index contributed by atoms with van der Waals surface area (Å²) in [5.74, 6) is -1.28. The number of aliphatic carboxylic acids is 1. The van der Waals surface area contributed by atoms with Crippen molar-refractivity contribution < 1.29 is 14.3 Å². The summed E-state index contributed by atoms with van der Waals surface area (Å²) in [6.07, 6.45) is 0.0315. The Balaban J connectivity index is 3.07. The zero-order valence-corrected chi connectivity index (χ0v) is 9.17. The van der Waals surface area contributed by atoms with Crippen molar-refractivity contribution in [3.8, 4) is 0 Å². The Morgan fingerprint density at radius 1 is 1.47 bits per heavy atom. The highest BCUT2D eigenvalue weighted by Crippen LogP contribution is 2.25. The minimum Gasteiger partial charge on any atom is -0.481 e. The van der Waals surface area contributed by atoms with E-state index in [9.17, 15) is 9.18 Å². The molecule has 0 fully saturated rings. The highest BCUT2D eigenvalue weighted by Gasteiger charge is 2.14. The molecule has 1 unspecified atom stereocenters. The van der Waals surface area contributed by atoms with Crippen LogP contribution in [0.1, 0.15) is 36.0 Å². The predicted octanol–water partition coefficient (Wildman–Crippen LogP) is 3.02. The summed E-state index contributed by atoms with van der Waals surface area (Å²) >= 11 is 0. The van der Waals surface area contributed by atoms with E-state index in [1.165, 1.54) is 6.07 Å². The van der Waals surface area contributed by atoms with Gasteiger partial charge >= 0.3 is 5.97 Å². The van der Waals surface area contributed by atoms with Gasteiger partial charge in [0, 0.05) is 0 Å². The molecule has 0 saturated carbocycles. The molecule has 0 aromatic heterocycles. The second kappa shape index (κ2) is 4.43. The first kappa shape index (κ1) is 11.7. The van der Waals surface area contributed by atoms with Crippen molar-refractivity contribution in [2.24, 2.45) is 0 Å². The Morgan fingerprint density at radius 3 is 2.60 bits per heavy atom. The summed E-state index contributed by atoms with van der Waals surface area (Å²) in [4.78, 5) is 10.6. The number of rotatable bonds is 3. The Morgan fingerprint density at radius 2 is 2.07 bits per heavy atom. The fourth-order valence-corrected chi connectivity index (χ4v) is 1.72. The lowest BCUT2D eigenvalue weighted by atomic mass is 9.92. The molecule has 82 valence electrons. The van der Waals surface area contributed by atoms with E-state index in [1.807, 2.05) is 6.07 Å². The van der Waals surface area contributed by atoms with Crippen LogP contribution in [0.15, 0.2) is 12.1 Å². The number of hydrogen-bond acceptors (Lipinski definition) is 1. The molecule has 15 heavy (non-hydrogen) atoms. The molecule has 1 aromatic carbocycles. The Bertz CT molecular complexity index is 385. The number of benzene rings is 1. The van der Waals surface area contributed by atoms with Crippen LogP contribution >= 0.6 is 0 Å². The lowest BCUT2D eigenvalue weighted by molar-refractivity contribution is -0.137. The number of carboxylic acids is 1. The van der Waals surface area contributed by atoms with Gasteiger partial charge in [-0.1, -0.05) is 13.0 Å². The van der Waals surface area contributed by atoms with Gasteiger partial charge in [0.2, 0.25) is 0 Å². The normalized spacial score (nSPS) is 12.5. The lowest BCUT2D eigenvalue weighted by Crippen LogP contribution is -2.06. The van der Waals surface area contributed by atoms with Gasteiger partial charge in [0.25, 0.3) is 0 Å². The molecule has 0 saturated heterocycles. The van der Waals surface area contributed by atoms with Crippen molar-refractivity contribution in [2.75, 3.05) is 0 Å². The van der Waals surface area contributed by atoms with E-state index in [4.69, 9.17) is 5.11 Å². The van der Waals surface area contributed by atoms with Crippen molar-refractivity contribution in [3.63, 3.8) is 0 Å². The van der Waals surface area contributed by atoms with Crippen LogP contribution in [-0.2, 0) is 4.79 Å². The Kier molecular flexibility index (Phi) is 3.45. The van der Waals surface area contributed by atoms with Crippen LogP contribution in [-0.4, -0.2) is 11.1 Å². The average molecular weight is 210 g/mol. The van der Waals surface area contributed by atoms with Crippen LogP contribution in [0.5, 0.6) is 0 Å². The molecule has 3 heteroatoms. The third-order valence-corrected chi connectivity index (χ3v) is 2.54. The van der Waals surface area contributed by atoms with Gasteiger partial charge in [-0.25, -0.2) is 4.39 Å². The van der Waals surface area contributed by atoms with Crippen LogP contribution < -0.4 is 0 Å². The van der Waals surface area contributed by atoms with Gasteiger partial charge in [-0.05, 0) is 42.5 Å². The van der Waals surface area contributed by atoms with E-state index in [0.717, 1.165) is 11.1 Å². The molecule has 0 heterocycles. The van der Waals surface area contributed by atoms with E-state index in [-0.39, 0.29) is 18.2 Å². The molecule has 0 spiro atoms. The van der Waals surface area contributed by atoms with Crippen LogP contribution in [0.4, 0.5) is 4.39 Å². The fraction of sp³-hybridized carbons (Fsp3) is 0.417. The molecular formula is C12H15FO2. The Labute approximate surface area is 88.7 Å². The van der Waals surface area contributed by atoms with Crippen LogP contribution in [0, 0.1) is 19.7 Å². The summed E-state index contributed by atoms with van der Waals surface area (Å²) in [7, 11) is 0. The smallest absolute Gasteiger partial charge is 0.303 e. The number of aryl methyl sites for hydroxylation is 1. The van der Waals surface area contributed by atoms with Crippen molar-refractivity contribution in [2.45, 2.75) is 33.1 Å². The lowest BCUT2D eigenvalue weighted by Gasteiger charge is -2.14. The summed E-state index contributed by atoms with van der Waals surface area (Å²) in [5.41, 5.74) is 2.16. The zero-order valence-electron chi connectivity index (χ0n) is 9.17. The molecule has 0 bridgehead atoms. The molecule has 0 aliphatic carbocycles. The van der Waals surface area contributed by atoms with Gasteiger partial charge in [0.1, 0.15) is 5.82 Å². The van der Waals surface area contributed by atoms with Gasteiger partial charge < -0.3 is 5.11 Å². The number of carbonyl (C=O) groups is 1. The Hall–Kier alpha value is -1.38. The first-order valence-electron chi connectivity index (χ1n) is 4.90. The molecule has 0 aliphatic heterocycles. The van der Waals surface area contributed by atoms with Gasteiger partial charge in [-0.3, -0.25) is 4.79 Å². The average Bonchev–Trinajstić information content (AvgIpc) is 2.09. The highest BCUT2D eigenvalue weighted by molar-refractivity contribution is 5.68. The first-order chi connectivity index (χ1) is 6.91. The van der Waals surface area contributed by atoms with Gasteiger partial charge in [0.15, 0.2) is 0 Å². The van der Waals surface area contributed by atoms with Gasteiger partial charge in [-0.15, -0.1) is 0 Å². The quantitative estimate of drug-likeness (QED) is 0.832. The monoisotopic (exact) mass is 210 g/mol. The summed E-state index contributed by atoms with van der Waals surface area (Å²) in [6, 6.07) is 3.32. The maximum atomic E-state index is 13.4. The first-order valence-corrected chi connectivity index (χ1v) is 4.90. The van der Waals surface area contributed by atoms with E-state index < -0.39 is 5.97 Å². The number of halogens is 1. The van der Waals surface area contributed by atoms with Crippen molar-refractivity contribution in [1.82, 2.24) is 0 Å². The molecular weight excluding hydrogens is 195 g/mol. The van der Waals surface area contributed by atoms with E-state index >= 15 is 0 Å². The van der Waals surface area contributed by atoms with Gasteiger partial charge in [-0.2, -0.15) is 0 Å². The third kappa shape index (κ3) is 2.78. The predicted molar refractivity (Wildman–Crippen MR) is 56.5 cm³/mol. The largest absolute Gasteiger partial charge is 0.481 e. The number of carboxylic acid groups (broad SMARTS) is 1. The van der Waals surface area contributed by atoms with Crippen LogP contribution in [0.3, 0.4) is 0 Å². The molecule has 0 amide bonds. The van der Waals surface area contributed by atoms with E-state index in [1.54, 1.807) is 20.8 Å². The number of hydrogen-bond donors (Lipinski definition) is 1. The summed E-state index contributed by atoms with van der Waals surface area (Å²) in [5, 5.41) is 8.68. The molecule has 1 atom stereocenters. The topological polar surface area (TPSA) is 37.3 Å². The summed E-state index contributed by atoms with van der Waals surface area (Å²) < 4.78 is 13.4. The molecule has 2 nitrogen and oxygen atoms in total. The minimum atomic E-state index is -0.858. The SMILES string of the molecule is Cc1cc(F)c(C)c(C(C)CC(=O)O)c1. The molecule has 1 aromatic rings. The summed E-state index contributed by atoms with van der Waals surface area (Å²) in [6.45, 7) is 5.29. The van der Waals surface area contributed by atoms with Crippen LogP contribution in [0.2, 0.25) is 0 Å². The fourth-order valence-electron chi connectivity index (χ4n) is 1.72. The molecule has 1 N–H and O–H groups in total. The third-order valence-electron chi connectivity index (χ3n) is 2.54. The van der Waals surface area contributed by atoms with E-state index in [0.29, 0.717) is 5.56 Å². The van der Waals surface area contributed by atoms with Crippen LogP contribution in [0.25, 0.3) is 0 Å². The standard InChI is InChI=1S/C12H15FO2/c1-7-4-10(8(2)6-12(14)15)9(3)11(13)5-7/h4-5,8H,6H2,1-3H3,(H,14,15).